The van der Waals surface area contributed by atoms with Crippen molar-refractivity contribution in [2.24, 2.45) is 5.10 Å². The molecule has 0 bridgehead atoms. The number of methoxy groups -OCH3 is 1. The zero-order valence-electron chi connectivity index (χ0n) is 11.4. The molecule has 0 aliphatic carbocycles. The molecule has 0 spiro atoms. The Morgan fingerprint density at radius 1 is 1.24 bits per heavy atom. The number of thiocarbonyl (C=S) groups is 1. The summed E-state index contributed by atoms with van der Waals surface area (Å²) in [6.07, 6.45) is 1.58. The first-order valence-electron chi connectivity index (χ1n) is 6.21. The van der Waals surface area contributed by atoms with Gasteiger partial charge < -0.3 is 15.2 Å². The van der Waals surface area contributed by atoms with Gasteiger partial charge in [0.05, 0.1) is 13.3 Å². The van der Waals surface area contributed by atoms with Gasteiger partial charge in [0.15, 0.2) is 16.6 Å². The summed E-state index contributed by atoms with van der Waals surface area (Å²) in [6, 6.07) is 14.5. The third-order valence-electron chi connectivity index (χ3n) is 2.62. The lowest BCUT2D eigenvalue weighted by Gasteiger charge is -2.06. The highest BCUT2D eigenvalue weighted by Crippen LogP contribution is 2.25. The van der Waals surface area contributed by atoms with E-state index in [1.165, 1.54) is 7.11 Å². The molecular weight excluding hydrogens is 286 g/mol. The molecule has 6 heteroatoms. The molecule has 0 amide bonds. The van der Waals surface area contributed by atoms with E-state index in [0.29, 0.717) is 10.9 Å². The van der Waals surface area contributed by atoms with E-state index in [4.69, 9.17) is 17.0 Å². The third kappa shape index (κ3) is 4.47. The van der Waals surface area contributed by atoms with Crippen LogP contribution in [0.1, 0.15) is 5.56 Å². The molecule has 5 nitrogen and oxygen atoms in total. The van der Waals surface area contributed by atoms with Crippen molar-refractivity contribution in [1.82, 2.24) is 5.43 Å². The highest BCUT2D eigenvalue weighted by Gasteiger charge is 2.00. The van der Waals surface area contributed by atoms with E-state index in [-0.39, 0.29) is 5.75 Å². The van der Waals surface area contributed by atoms with Gasteiger partial charge in [0.1, 0.15) is 0 Å². The van der Waals surface area contributed by atoms with Gasteiger partial charge >= 0.3 is 0 Å². The summed E-state index contributed by atoms with van der Waals surface area (Å²) in [5.74, 6) is 0.479. The normalized spacial score (nSPS) is 10.3. The number of anilines is 1. The van der Waals surface area contributed by atoms with Crippen LogP contribution in [0.15, 0.2) is 53.6 Å². The Morgan fingerprint density at radius 3 is 2.71 bits per heavy atom. The van der Waals surface area contributed by atoms with Crippen LogP contribution < -0.4 is 15.5 Å². The van der Waals surface area contributed by atoms with E-state index in [1.807, 2.05) is 30.3 Å². The summed E-state index contributed by atoms with van der Waals surface area (Å²) in [6.45, 7) is 0. The van der Waals surface area contributed by atoms with Crippen LogP contribution in [0.2, 0.25) is 0 Å². The van der Waals surface area contributed by atoms with Crippen LogP contribution in [0.25, 0.3) is 0 Å². The molecule has 3 N–H and O–H groups in total. The number of hydrogen-bond acceptors (Lipinski definition) is 4. The maximum atomic E-state index is 9.50. The van der Waals surface area contributed by atoms with Gasteiger partial charge in [0, 0.05) is 5.69 Å². The summed E-state index contributed by atoms with van der Waals surface area (Å²) in [7, 11) is 1.49. The van der Waals surface area contributed by atoms with Crippen molar-refractivity contribution in [3.05, 3.63) is 54.1 Å². The summed E-state index contributed by atoms with van der Waals surface area (Å²) in [5, 5.41) is 16.9. The van der Waals surface area contributed by atoms with Gasteiger partial charge in [-0.1, -0.05) is 18.2 Å². The van der Waals surface area contributed by atoms with Crippen molar-refractivity contribution < 1.29 is 9.84 Å². The lowest BCUT2D eigenvalue weighted by molar-refractivity contribution is 0.373. The molecule has 108 valence electrons. The Morgan fingerprint density at radius 2 is 2.00 bits per heavy atom. The number of ether oxygens (including phenoxy) is 1. The first-order valence-corrected chi connectivity index (χ1v) is 6.62. The fourth-order valence-corrected chi connectivity index (χ4v) is 1.79. The molecule has 2 aromatic rings. The summed E-state index contributed by atoms with van der Waals surface area (Å²) >= 11 is 5.12. The molecular formula is C15H15N3O2S. The average Bonchev–Trinajstić information content (AvgIpc) is 2.50. The Labute approximate surface area is 128 Å². The van der Waals surface area contributed by atoms with Crippen molar-refractivity contribution in [3.8, 4) is 11.5 Å². The second-order valence-electron chi connectivity index (χ2n) is 4.12. The lowest BCUT2D eigenvalue weighted by atomic mass is 10.2. The number of rotatable bonds is 4. The molecule has 0 atom stereocenters. The topological polar surface area (TPSA) is 65.9 Å². The zero-order chi connectivity index (χ0) is 15.1. The minimum atomic E-state index is 0.0869. The van der Waals surface area contributed by atoms with Crippen molar-refractivity contribution in [1.29, 1.82) is 0 Å². The van der Waals surface area contributed by atoms with Gasteiger partial charge in [-0.2, -0.15) is 5.10 Å². The van der Waals surface area contributed by atoms with Crippen LogP contribution in [-0.2, 0) is 0 Å². The molecule has 0 aliphatic rings. The highest BCUT2D eigenvalue weighted by atomic mass is 32.1. The molecule has 0 aromatic heterocycles. The molecule has 0 fully saturated rings. The van der Waals surface area contributed by atoms with Gasteiger partial charge in [0.25, 0.3) is 0 Å². The number of hydrogen-bond donors (Lipinski definition) is 3. The monoisotopic (exact) mass is 301 g/mol. The summed E-state index contributed by atoms with van der Waals surface area (Å²) in [4.78, 5) is 0. The smallest absolute Gasteiger partial charge is 0.191 e. The maximum absolute atomic E-state index is 9.50. The zero-order valence-corrected chi connectivity index (χ0v) is 12.2. The van der Waals surface area contributed by atoms with E-state index in [0.717, 1.165) is 11.3 Å². The Hall–Kier alpha value is -2.60. The van der Waals surface area contributed by atoms with E-state index < -0.39 is 0 Å². The van der Waals surface area contributed by atoms with Gasteiger partial charge in [0.2, 0.25) is 0 Å². The van der Waals surface area contributed by atoms with E-state index in [2.05, 4.69) is 15.8 Å². The van der Waals surface area contributed by atoms with Gasteiger partial charge in [-0.25, -0.2) is 0 Å². The molecule has 2 aromatic carbocycles. The van der Waals surface area contributed by atoms with Crippen molar-refractivity contribution >= 4 is 29.2 Å². The number of para-hydroxylation sites is 1. The highest BCUT2D eigenvalue weighted by molar-refractivity contribution is 7.80. The van der Waals surface area contributed by atoms with Gasteiger partial charge in [-0.05, 0) is 48.1 Å². The van der Waals surface area contributed by atoms with Crippen LogP contribution in [0.5, 0.6) is 11.5 Å². The van der Waals surface area contributed by atoms with E-state index in [1.54, 1.807) is 24.4 Å². The minimum Gasteiger partial charge on any atom is -0.504 e. The number of phenolic OH excluding ortho intramolecular Hbond substituents is 1. The third-order valence-corrected chi connectivity index (χ3v) is 2.81. The molecule has 21 heavy (non-hydrogen) atoms. The average molecular weight is 301 g/mol. The molecule has 0 heterocycles. The minimum absolute atomic E-state index is 0.0869. The van der Waals surface area contributed by atoms with E-state index >= 15 is 0 Å². The second kappa shape index (κ2) is 7.25. The van der Waals surface area contributed by atoms with Crippen LogP contribution in [0.3, 0.4) is 0 Å². The summed E-state index contributed by atoms with van der Waals surface area (Å²) in [5.41, 5.74) is 4.38. The van der Waals surface area contributed by atoms with Gasteiger partial charge in [-0.15, -0.1) is 0 Å². The number of nitrogens with zero attached hydrogens (tertiary/aromatic N) is 1. The van der Waals surface area contributed by atoms with E-state index in [9.17, 15) is 5.11 Å². The Kier molecular flexibility index (Phi) is 5.11. The largest absolute Gasteiger partial charge is 0.504 e. The van der Waals surface area contributed by atoms with Crippen LogP contribution in [0, 0.1) is 0 Å². The Bertz CT molecular complexity index is 645. The lowest BCUT2D eigenvalue weighted by Crippen LogP contribution is -2.23. The predicted molar refractivity (Wildman–Crippen MR) is 88.1 cm³/mol. The predicted octanol–water partition coefficient (Wildman–Crippen LogP) is 2.72. The first kappa shape index (κ1) is 14.8. The first-order chi connectivity index (χ1) is 10.2. The number of nitrogens with one attached hydrogen (secondary N) is 2. The van der Waals surface area contributed by atoms with Crippen LogP contribution in [-0.4, -0.2) is 23.5 Å². The molecule has 0 radical (unpaired) electrons. The number of aromatic hydroxyl groups is 1. The second-order valence-corrected chi connectivity index (χ2v) is 4.53. The molecule has 2 rings (SSSR count). The van der Waals surface area contributed by atoms with Crippen molar-refractivity contribution in [2.75, 3.05) is 12.4 Å². The fraction of sp³-hybridized carbons (Fsp3) is 0.0667. The molecule has 0 aliphatic heterocycles. The van der Waals surface area contributed by atoms with Crippen LogP contribution >= 0.6 is 12.2 Å². The van der Waals surface area contributed by atoms with Gasteiger partial charge in [-0.3, -0.25) is 5.43 Å². The maximum Gasteiger partial charge on any atom is 0.191 e. The van der Waals surface area contributed by atoms with Crippen molar-refractivity contribution in [3.63, 3.8) is 0 Å². The molecule has 0 unspecified atom stereocenters. The number of hydrazone groups is 1. The van der Waals surface area contributed by atoms with Crippen LogP contribution in [0.4, 0.5) is 5.69 Å². The standard InChI is InChI=1S/C15H15N3O2S/c1-20-14-9-11(7-8-13(14)19)10-16-18-15(21)17-12-5-3-2-4-6-12/h2-10,19H,1H3,(H2,17,18,21)/b16-10-. The summed E-state index contributed by atoms with van der Waals surface area (Å²) < 4.78 is 5.02. The molecule has 0 saturated carbocycles. The molecule has 0 saturated heterocycles. The number of benzene rings is 2. The quantitative estimate of drug-likeness (QED) is 0.460. The number of phenols is 1. The SMILES string of the molecule is COc1cc(/C=N\NC(=S)Nc2ccccc2)ccc1O. The van der Waals surface area contributed by atoms with Crippen molar-refractivity contribution in [2.45, 2.75) is 0 Å². The fourth-order valence-electron chi connectivity index (χ4n) is 1.62. The Balaban J connectivity index is 1.91.